The van der Waals surface area contributed by atoms with Crippen molar-refractivity contribution in [3.05, 3.63) is 29.8 Å². The molecule has 1 aromatic carbocycles. The lowest BCUT2D eigenvalue weighted by Crippen LogP contribution is -2.09. The Balaban J connectivity index is 2.78. The second kappa shape index (κ2) is 4.77. The van der Waals surface area contributed by atoms with Crippen LogP contribution in [-0.4, -0.2) is 13.7 Å². The Bertz CT molecular complexity index is 266. The van der Waals surface area contributed by atoms with Crippen molar-refractivity contribution in [1.29, 1.82) is 0 Å². The molecule has 1 N–H and O–H groups in total. The molecule has 0 aromatic heterocycles. The van der Waals surface area contributed by atoms with Gasteiger partial charge in [-0.15, -0.1) is 0 Å². The molecule has 1 aromatic rings. The van der Waals surface area contributed by atoms with Crippen LogP contribution in [0.2, 0.25) is 0 Å². The number of rotatable bonds is 4. The molecule has 0 amide bonds. The zero-order chi connectivity index (χ0) is 9.68. The Labute approximate surface area is 75.5 Å². The normalized spacial score (nSPS) is 10.5. The number of nitrogens with one attached hydrogen (secondary N) is 1. The van der Waals surface area contributed by atoms with Crippen molar-refractivity contribution in [2.24, 2.45) is 0 Å². The summed E-state index contributed by atoms with van der Waals surface area (Å²) in [5.41, 5.74) is 0.727. The van der Waals surface area contributed by atoms with Crippen molar-refractivity contribution >= 4 is 0 Å². The molecule has 0 radical (unpaired) electrons. The minimum absolute atomic E-state index is 0.229. The molecule has 0 unspecified atom stereocenters. The third kappa shape index (κ3) is 2.99. The topological polar surface area (TPSA) is 21.3 Å². The third-order valence-corrected chi connectivity index (χ3v) is 1.56. The Hall–Kier alpha value is -1.16. The summed E-state index contributed by atoms with van der Waals surface area (Å²) in [5, 5.41) is 2.87. The zero-order valence-electron chi connectivity index (χ0n) is 7.26. The Morgan fingerprint density at radius 3 is 2.69 bits per heavy atom. The molecule has 4 heteroatoms. The van der Waals surface area contributed by atoms with E-state index in [1.165, 1.54) is 6.07 Å². The Kier molecular flexibility index (Phi) is 3.64. The molecule has 72 valence electrons. The van der Waals surface area contributed by atoms with Crippen LogP contribution in [0.5, 0.6) is 5.75 Å². The number of benzene rings is 1. The van der Waals surface area contributed by atoms with Gasteiger partial charge in [0.25, 0.3) is 0 Å². The lowest BCUT2D eigenvalue weighted by molar-refractivity contribution is -0.0504. The first-order valence-electron chi connectivity index (χ1n) is 3.91. The second-order valence-corrected chi connectivity index (χ2v) is 2.52. The van der Waals surface area contributed by atoms with Crippen LogP contribution in [0.15, 0.2) is 24.3 Å². The highest BCUT2D eigenvalue weighted by atomic mass is 19.3. The van der Waals surface area contributed by atoms with Gasteiger partial charge in [0.05, 0.1) is 0 Å². The van der Waals surface area contributed by atoms with E-state index >= 15 is 0 Å². The van der Waals surface area contributed by atoms with Gasteiger partial charge < -0.3 is 10.1 Å². The maximum atomic E-state index is 11.9. The fraction of sp³-hybridized carbons (Fsp3) is 0.333. The summed E-state index contributed by atoms with van der Waals surface area (Å²) in [7, 11) is 1.75. The van der Waals surface area contributed by atoms with Crippen molar-refractivity contribution in [3.63, 3.8) is 0 Å². The maximum absolute atomic E-state index is 11.9. The van der Waals surface area contributed by atoms with Crippen LogP contribution in [0.1, 0.15) is 5.56 Å². The van der Waals surface area contributed by atoms with Gasteiger partial charge in [-0.25, -0.2) is 0 Å². The van der Waals surface area contributed by atoms with E-state index in [-0.39, 0.29) is 5.75 Å². The van der Waals surface area contributed by atoms with E-state index in [0.29, 0.717) is 6.54 Å². The van der Waals surface area contributed by atoms with Crippen molar-refractivity contribution in [3.8, 4) is 5.75 Å². The van der Waals surface area contributed by atoms with Crippen LogP contribution in [0.25, 0.3) is 0 Å². The van der Waals surface area contributed by atoms with Crippen LogP contribution in [0.3, 0.4) is 0 Å². The van der Waals surface area contributed by atoms with Crippen LogP contribution in [0.4, 0.5) is 8.78 Å². The van der Waals surface area contributed by atoms with E-state index in [9.17, 15) is 8.78 Å². The molecule has 0 saturated carbocycles. The van der Waals surface area contributed by atoms with Crippen molar-refractivity contribution in [2.75, 3.05) is 7.05 Å². The summed E-state index contributed by atoms with van der Waals surface area (Å²) in [6, 6.07) is 6.72. The van der Waals surface area contributed by atoms with Gasteiger partial charge in [0.2, 0.25) is 0 Å². The number of hydrogen-bond acceptors (Lipinski definition) is 2. The highest BCUT2D eigenvalue weighted by molar-refractivity contribution is 5.33. The lowest BCUT2D eigenvalue weighted by atomic mass is 10.2. The number of para-hydroxylation sites is 1. The van der Waals surface area contributed by atoms with E-state index in [1.54, 1.807) is 25.2 Å². The van der Waals surface area contributed by atoms with E-state index in [4.69, 9.17) is 0 Å². The number of ether oxygens (including phenoxy) is 1. The average Bonchev–Trinajstić information content (AvgIpc) is 2.08. The summed E-state index contributed by atoms with van der Waals surface area (Å²) in [4.78, 5) is 0. The van der Waals surface area contributed by atoms with E-state index in [1.807, 2.05) is 0 Å². The minimum atomic E-state index is -2.77. The fourth-order valence-corrected chi connectivity index (χ4v) is 1.05. The number of alkyl halides is 2. The quantitative estimate of drug-likeness (QED) is 0.778. The predicted molar refractivity (Wildman–Crippen MR) is 45.8 cm³/mol. The van der Waals surface area contributed by atoms with Gasteiger partial charge in [-0.3, -0.25) is 0 Å². The van der Waals surface area contributed by atoms with Crippen LogP contribution >= 0.6 is 0 Å². The van der Waals surface area contributed by atoms with Gasteiger partial charge in [0.1, 0.15) is 5.75 Å². The first kappa shape index (κ1) is 9.92. The van der Waals surface area contributed by atoms with Gasteiger partial charge in [-0.1, -0.05) is 18.2 Å². The summed E-state index contributed by atoms with van der Waals surface area (Å²) < 4.78 is 28.1. The smallest absolute Gasteiger partial charge is 0.387 e. The molecule has 0 bridgehead atoms. The lowest BCUT2D eigenvalue weighted by Gasteiger charge is -2.09. The van der Waals surface area contributed by atoms with Gasteiger partial charge in [-0.2, -0.15) is 8.78 Å². The van der Waals surface area contributed by atoms with Crippen LogP contribution in [0, 0.1) is 0 Å². The first-order valence-corrected chi connectivity index (χ1v) is 3.91. The molecular weight excluding hydrogens is 176 g/mol. The summed E-state index contributed by atoms with van der Waals surface area (Å²) >= 11 is 0. The van der Waals surface area contributed by atoms with Gasteiger partial charge >= 0.3 is 6.61 Å². The summed E-state index contributed by atoms with van der Waals surface area (Å²) in [6.07, 6.45) is 0. The Morgan fingerprint density at radius 2 is 2.08 bits per heavy atom. The Morgan fingerprint density at radius 1 is 1.38 bits per heavy atom. The number of hydrogen-bond donors (Lipinski definition) is 1. The largest absolute Gasteiger partial charge is 0.434 e. The molecular formula is C9H11F2NO. The molecule has 0 saturated heterocycles. The van der Waals surface area contributed by atoms with E-state index in [0.717, 1.165) is 5.56 Å². The first-order chi connectivity index (χ1) is 6.24. The molecule has 0 fully saturated rings. The second-order valence-electron chi connectivity index (χ2n) is 2.52. The summed E-state index contributed by atoms with van der Waals surface area (Å²) in [6.45, 7) is -2.25. The van der Waals surface area contributed by atoms with Crippen molar-refractivity contribution in [1.82, 2.24) is 5.32 Å². The third-order valence-electron chi connectivity index (χ3n) is 1.56. The molecule has 0 aliphatic rings. The highest BCUT2D eigenvalue weighted by Crippen LogP contribution is 2.19. The molecule has 0 aliphatic heterocycles. The van der Waals surface area contributed by atoms with E-state index < -0.39 is 6.61 Å². The van der Waals surface area contributed by atoms with Crippen LogP contribution in [-0.2, 0) is 6.54 Å². The molecule has 2 nitrogen and oxygen atoms in total. The molecule has 0 heterocycles. The van der Waals surface area contributed by atoms with E-state index in [2.05, 4.69) is 10.1 Å². The molecule has 1 rings (SSSR count). The molecule has 0 spiro atoms. The van der Waals surface area contributed by atoms with Crippen molar-refractivity contribution in [2.45, 2.75) is 13.2 Å². The summed E-state index contributed by atoms with van der Waals surface area (Å²) in [5.74, 6) is 0.229. The van der Waals surface area contributed by atoms with Gasteiger partial charge in [-0.05, 0) is 13.1 Å². The predicted octanol–water partition coefficient (Wildman–Crippen LogP) is 2.01. The zero-order valence-corrected chi connectivity index (χ0v) is 7.26. The monoisotopic (exact) mass is 187 g/mol. The molecule has 0 aliphatic carbocycles. The average molecular weight is 187 g/mol. The SMILES string of the molecule is CNCc1ccccc1OC(F)F. The van der Waals surface area contributed by atoms with Gasteiger partial charge in [0, 0.05) is 12.1 Å². The standard InChI is InChI=1S/C9H11F2NO/c1-12-6-7-4-2-3-5-8(7)13-9(10)11/h2-5,9,12H,6H2,1H3. The minimum Gasteiger partial charge on any atom is -0.434 e. The van der Waals surface area contributed by atoms with Crippen molar-refractivity contribution < 1.29 is 13.5 Å². The molecule has 13 heavy (non-hydrogen) atoms. The maximum Gasteiger partial charge on any atom is 0.387 e. The fourth-order valence-electron chi connectivity index (χ4n) is 1.05. The highest BCUT2D eigenvalue weighted by Gasteiger charge is 2.07. The molecule has 0 atom stereocenters. The van der Waals surface area contributed by atoms with Gasteiger partial charge in [0.15, 0.2) is 0 Å². The van der Waals surface area contributed by atoms with Crippen LogP contribution < -0.4 is 10.1 Å². The number of halogens is 2.